The maximum atomic E-state index is 4.77. The molecule has 84 valence electrons. The maximum absolute atomic E-state index is 4.77. The van der Waals surface area contributed by atoms with Gasteiger partial charge < -0.3 is 10.3 Å². The van der Waals surface area contributed by atoms with Crippen LogP contribution in [0, 0.1) is 6.92 Å². The van der Waals surface area contributed by atoms with E-state index in [0.717, 1.165) is 6.54 Å². The summed E-state index contributed by atoms with van der Waals surface area (Å²) in [5.41, 5.74) is 2.78. The van der Waals surface area contributed by atoms with Gasteiger partial charge in [-0.2, -0.15) is 0 Å². The van der Waals surface area contributed by atoms with Crippen LogP contribution in [0.1, 0.15) is 49.8 Å². The molecule has 3 heteroatoms. The van der Waals surface area contributed by atoms with E-state index in [9.17, 15) is 0 Å². The van der Waals surface area contributed by atoms with Crippen LogP contribution in [0.15, 0.2) is 0 Å². The van der Waals surface area contributed by atoms with Crippen molar-refractivity contribution < 1.29 is 0 Å². The topological polar surface area (TPSA) is 40.7 Å². The molecule has 0 aliphatic heterocycles. The Balaban J connectivity index is 2.26. The predicted molar refractivity (Wildman–Crippen MR) is 62.3 cm³/mol. The number of H-pyrrole nitrogens is 1. The van der Waals surface area contributed by atoms with Crippen LogP contribution in [-0.2, 0) is 5.41 Å². The van der Waals surface area contributed by atoms with Crippen molar-refractivity contribution >= 4 is 0 Å². The van der Waals surface area contributed by atoms with Crippen LogP contribution in [0.4, 0.5) is 0 Å². The van der Waals surface area contributed by atoms with Crippen LogP contribution in [0.5, 0.6) is 0 Å². The fraction of sp³-hybridized carbons (Fsp3) is 0.750. The Kier molecular flexibility index (Phi) is 2.59. The van der Waals surface area contributed by atoms with Crippen molar-refractivity contribution in [2.24, 2.45) is 0 Å². The minimum atomic E-state index is 0.312. The van der Waals surface area contributed by atoms with Crippen molar-refractivity contribution in [2.45, 2.75) is 44.9 Å². The number of hydrogen-bond donors (Lipinski definition) is 2. The molecule has 1 fully saturated rings. The molecule has 0 radical (unpaired) electrons. The highest BCUT2D eigenvalue weighted by Crippen LogP contribution is 2.46. The number of imidazole rings is 1. The fourth-order valence-corrected chi connectivity index (χ4v) is 2.27. The third kappa shape index (κ3) is 1.81. The first-order valence-electron chi connectivity index (χ1n) is 5.80. The molecule has 0 atom stereocenters. The van der Waals surface area contributed by atoms with E-state index in [0.29, 0.717) is 11.3 Å². The quantitative estimate of drug-likeness (QED) is 0.793. The lowest BCUT2D eigenvalue weighted by atomic mass is 10.1. The zero-order valence-electron chi connectivity index (χ0n) is 10.1. The number of nitrogens with one attached hydrogen (secondary N) is 2. The molecule has 1 saturated carbocycles. The summed E-state index contributed by atoms with van der Waals surface area (Å²) in [5, 5.41) is 3.27. The van der Waals surface area contributed by atoms with Gasteiger partial charge in [0.1, 0.15) is 5.82 Å². The van der Waals surface area contributed by atoms with Gasteiger partial charge in [-0.25, -0.2) is 4.98 Å². The molecule has 0 aromatic carbocycles. The first-order chi connectivity index (χ1) is 7.09. The Labute approximate surface area is 91.7 Å². The van der Waals surface area contributed by atoms with Gasteiger partial charge in [-0.05, 0) is 32.7 Å². The molecule has 2 N–H and O–H groups in total. The van der Waals surface area contributed by atoms with Crippen LogP contribution in [0.2, 0.25) is 0 Å². The fourth-order valence-electron chi connectivity index (χ4n) is 2.27. The highest BCUT2D eigenvalue weighted by Gasteiger charge is 2.46. The number of aryl methyl sites for hydroxylation is 1. The molecule has 0 unspecified atom stereocenters. The number of nitrogens with zero attached hydrogens (tertiary/aromatic N) is 1. The van der Waals surface area contributed by atoms with Crippen molar-refractivity contribution in [3.8, 4) is 0 Å². The molecule has 1 aliphatic rings. The zero-order chi connectivity index (χ0) is 11.1. The Bertz CT molecular complexity index is 348. The smallest absolute Gasteiger partial charge is 0.114 e. The summed E-state index contributed by atoms with van der Waals surface area (Å²) in [7, 11) is 2.01. The molecular formula is C12H21N3. The molecule has 1 aromatic heterocycles. The molecule has 1 heterocycles. The molecule has 0 spiro atoms. The number of rotatable bonds is 4. The summed E-state index contributed by atoms with van der Waals surface area (Å²) >= 11 is 0. The molecule has 0 saturated heterocycles. The lowest BCUT2D eigenvalue weighted by molar-refractivity contribution is 0.591. The van der Waals surface area contributed by atoms with Gasteiger partial charge in [-0.3, -0.25) is 0 Å². The lowest BCUT2D eigenvalue weighted by Gasteiger charge is -2.10. The number of likely N-dealkylation sites (N-methyl/N-ethyl adjacent to an activating group) is 1. The van der Waals surface area contributed by atoms with Crippen LogP contribution < -0.4 is 5.32 Å². The first-order valence-corrected chi connectivity index (χ1v) is 5.80. The van der Waals surface area contributed by atoms with Gasteiger partial charge in [0.05, 0.1) is 5.69 Å². The number of hydrogen-bond acceptors (Lipinski definition) is 2. The van der Waals surface area contributed by atoms with E-state index in [1.807, 2.05) is 7.05 Å². The average Bonchev–Trinajstić information content (AvgIpc) is 2.83. The van der Waals surface area contributed by atoms with Gasteiger partial charge >= 0.3 is 0 Å². The van der Waals surface area contributed by atoms with E-state index in [-0.39, 0.29) is 0 Å². The van der Waals surface area contributed by atoms with Crippen LogP contribution in [0.25, 0.3) is 0 Å². The first kappa shape index (κ1) is 10.7. The van der Waals surface area contributed by atoms with Gasteiger partial charge in [0, 0.05) is 17.7 Å². The van der Waals surface area contributed by atoms with Crippen LogP contribution >= 0.6 is 0 Å². The molecule has 0 bridgehead atoms. The van der Waals surface area contributed by atoms with Crippen molar-refractivity contribution in [1.82, 2.24) is 15.3 Å². The SMILES string of the molecule is CNCC1(c2nc(C(C)C)c(C)[nH]2)CC1. The largest absolute Gasteiger partial charge is 0.345 e. The monoisotopic (exact) mass is 207 g/mol. The standard InChI is InChI=1S/C12H21N3/c1-8(2)10-9(3)14-11(15-10)12(5-6-12)7-13-4/h8,13H,5-7H2,1-4H3,(H,14,15). The molecule has 3 nitrogen and oxygen atoms in total. The van der Waals surface area contributed by atoms with E-state index in [1.165, 1.54) is 30.1 Å². The minimum Gasteiger partial charge on any atom is -0.345 e. The van der Waals surface area contributed by atoms with Crippen LogP contribution in [0.3, 0.4) is 0 Å². The molecule has 15 heavy (non-hydrogen) atoms. The Morgan fingerprint density at radius 2 is 2.13 bits per heavy atom. The van der Waals surface area contributed by atoms with Crippen molar-refractivity contribution in [1.29, 1.82) is 0 Å². The molecular weight excluding hydrogens is 186 g/mol. The summed E-state index contributed by atoms with van der Waals surface area (Å²) in [5.74, 6) is 1.71. The highest BCUT2D eigenvalue weighted by atomic mass is 15.0. The average molecular weight is 207 g/mol. The molecule has 1 aliphatic carbocycles. The maximum Gasteiger partial charge on any atom is 0.114 e. The van der Waals surface area contributed by atoms with Crippen LogP contribution in [-0.4, -0.2) is 23.6 Å². The lowest BCUT2D eigenvalue weighted by Crippen LogP contribution is -2.24. The molecule has 0 amide bonds. The number of aromatic amines is 1. The molecule has 2 rings (SSSR count). The van der Waals surface area contributed by atoms with E-state index in [4.69, 9.17) is 4.98 Å². The van der Waals surface area contributed by atoms with E-state index < -0.39 is 0 Å². The Morgan fingerprint density at radius 3 is 2.53 bits per heavy atom. The van der Waals surface area contributed by atoms with E-state index in [1.54, 1.807) is 0 Å². The normalized spacial score (nSPS) is 18.5. The Hall–Kier alpha value is -0.830. The second kappa shape index (κ2) is 3.63. The second-order valence-corrected chi connectivity index (χ2v) is 5.06. The van der Waals surface area contributed by atoms with Gasteiger partial charge in [0.2, 0.25) is 0 Å². The minimum absolute atomic E-state index is 0.312. The van der Waals surface area contributed by atoms with Gasteiger partial charge in [-0.15, -0.1) is 0 Å². The summed E-state index contributed by atoms with van der Waals surface area (Å²) in [4.78, 5) is 8.23. The van der Waals surface area contributed by atoms with Crippen molar-refractivity contribution in [3.63, 3.8) is 0 Å². The summed E-state index contributed by atoms with van der Waals surface area (Å²) in [6.45, 7) is 7.56. The molecule has 1 aromatic rings. The Morgan fingerprint density at radius 1 is 1.47 bits per heavy atom. The second-order valence-electron chi connectivity index (χ2n) is 5.06. The highest BCUT2D eigenvalue weighted by molar-refractivity contribution is 5.26. The van der Waals surface area contributed by atoms with Gasteiger partial charge in [-0.1, -0.05) is 13.8 Å². The van der Waals surface area contributed by atoms with Gasteiger partial charge in [0.15, 0.2) is 0 Å². The zero-order valence-corrected chi connectivity index (χ0v) is 10.1. The van der Waals surface area contributed by atoms with Crippen molar-refractivity contribution in [2.75, 3.05) is 13.6 Å². The van der Waals surface area contributed by atoms with E-state index in [2.05, 4.69) is 31.1 Å². The summed E-state index contributed by atoms with van der Waals surface area (Å²) in [6, 6.07) is 0. The number of aromatic nitrogens is 2. The third-order valence-corrected chi connectivity index (χ3v) is 3.34. The third-order valence-electron chi connectivity index (χ3n) is 3.34. The van der Waals surface area contributed by atoms with Crippen molar-refractivity contribution in [3.05, 3.63) is 17.2 Å². The van der Waals surface area contributed by atoms with E-state index >= 15 is 0 Å². The predicted octanol–water partition coefficient (Wildman–Crippen LogP) is 2.09. The summed E-state index contributed by atoms with van der Waals surface area (Å²) in [6.07, 6.45) is 2.52. The summed E-state index contributed by atoms with van der Waals surface area (Å²) < 4.78 is 0. The van der Waals surface area contributed by atoms with Gasteiger partial charge in [0.25, 0.3) is 0 Å².